The molecule has 0 saturated carbocycles. The van der Waals surface area contributed by atoms with Gasteiger partial charge in [0.05, 0.1) is 11.9 Å². The molecule has 0 spiro atoms. The zero-order valence-electron chi connectivity index (χ0n) is 10.2. The highest BCUT2D eigenvalue weighted by Gasteiger charge is 2.08. The summed E-state index contributed by atoms with van der Waals surface area (Å²) in [7, 11) is 0. The predicted molar refractivity (Wildman–Crippen MR) is 70.4 cm³/mol. The Morgan fingerprint density at radius 1 is 1.37 bits per heavy atom. The van der Waals surface area contributed by atoms with Crippen LogP contribution in [0.25, 0.3) is 0 Å². The van der Waals surface area contributed by atoms with Gasteiger partial charge in [-0.25, -0.2) is 4.98 Å². The van der Waals surface area contributed by atoms with Crippen LogP contribution < -0.4 is 5.32 Å². The molecule has 2 aromatic rings. The third-order valence-electron chi connectivity index (χ3n) is 2.48. The van der Waals surface area contributed by atoms with Gasteiger partial charge < -0.3 is 10.5 Å². The number of aromatic nitrogens is 2. The number of nitrogens with one attached hydrogen (secondary N) is 1. The minimum absolute atomic E-state index is 0.237. The number of benzene rings is 1. The lowest BCUT2D eigenvalue weighted by molar-refractivity contribution is 0.102. The zero-order chi connectivity index (χ0) is 13.7. The Morgan fingerprint density at radius 2 is 2.21 bits per heavy atom. The number of amides is 1. The third kappa shape index (κ3) is 3.12. The van der Waals surface area contributed by atoms with Crippen LogP contribution in [0.4, 0.5) is 5.69 Å². The van der Waals surface area contributed by atoms with E-state index in [1.807, 2.05) is 0 Å². The minimum Gasteiger partial charge on any atom is -0.411 e. The van der Waals surface area contributed by atoms with E-state index in [-0.39, 0.29) is 11.6 Å². The van der Waals surface area contributed by atoms with Crippen LogP contribution in [0.3, 0.4) is 0 Å². The Balaban J connectivity index is 2.18. The normalized spacial score (nSPS) is 11.1. The molecule has 0 aliphatic carbocycles. The van der Waals surface area contributed by atoms with E-state index < -0.39 is 0 Å². The molecule has 0 aliphatic rings. The Morgan fingerprint density at radius 3 is 2.89 bits per heavy atom. The molecule has 96 valence electrons. The van der Waals surface area contributed by atoms with E-state index in [1.165, 1.54) is 18.6 Å². The molecule has 6 heteroatoms. The average Bonchev–Trinajstić information content (AvgIpc) is 2.47. The summed E-state index contributed by atoms with van der Waals surface area (Å²) < 4.78 is 0. The Labute approximate surface area is 109 Å². The lowest BCUT2D eigenvalue weighted by Crippen LogP contribution is -2.14. The topological polar surface area (TPSA) is 87.5 Å². The van der Waals surface area contributed by atoms with Crippen LogP contribution in [-0.2, 0) is 0 Å². The van der Waals surface area contributed by atoms with E-state index in [0.29, 0.717) is 11.4 Å². The molecule has 0 aliphatic heterocycles. The van der Waals surface area contributed by atoms with Crippen molar-refractivity contribution in [2.75, 3.05) is 5.32 Å². The van der Waals surface area contributed by atoms with E-state index >= 15 is 0 Å². The second-order valence-electron chi connectivity index (χ2n) is 3.81. The summed E-state index contributed by atoms with van der Waals surface area (Å²) in [6.45, 7) is 1.67. The van der Waals surface area contributed by atoms with Gasteiger partial charge in [0.2, 0.25) is 0 Å². The maximum absolute atomic E-state index is 11.9. The Kier molecular flexibility index (Phi) is 3.82. The fraction of sp³-hybridized carbons (Fsp3) is 0.0769. The highest BCUT2D eigenvalue weighted by Crippen LogP contribution is 2.12. The molecule has 19 heavy (non-hydrogen) atoms. The van der Waals surface area contributed by atoms with Gasteiger partial charge >= 0.3 is 0 Å². The largest absolute Gasteiger partial charge is 0.411 e. The molecule has 2 N–H and O–H groups in total. The van der Waals surface area contributed by atoms with E-state index in [4.69, 9.17) is 5.21 Å². The van der Waals surface area contributed by atoms with Crippen LogP contribution in [0, 0.1) is 0 Å². The maximum Gasteiger partial charge on any atom is 0.275 e. The third-order valence-corrected chi connectivity index (χ3v) is 2.48. The van der Waals surface area contributed by atoms with Crippen molar-refractivity contribution in [1.29, 1.82) is 0 Å². The highest BCUT2D eigenvalue weighted by atomic mass is 16.4. The summed E-state index contributed by atoms with van der Waals surface area (Å²) in [5, 5.41) is 14.5. The Bertz CT molecular complexity index is 611. The number of anilines is 1. The SMILES string of the molecule is C/C(=N/O)c1cccc(NC(=O)c2cnccn2)c1. The predicted octanol–water partition coefficient (Wildman–Crippen LogP) is 1.93. The van der Waals surface area contributed by atoms with Crippen LogP contribution in [0.1, 0.15) is 23.0 Å². The van der Waals surface area contributed by atoms with Gasteiger partial charge in [-0.15, -0.1) is 0 Å². The van der Waals surface area contributed by atoms with Crippen LogP contribution >= 0.6 is 0 Å². The molecular formula is C13H12N4O2. The Hall–Kier alpha value is -2.76. The van der Waals surface area contributed by atoms with Gasteiger partial charge in [-0.3, -0.25) is 9.78 Å². The van der Waals surface area contributed by atoms with Gasteiger partial charge in [0.1, 0.15) is 5.69 Å². The summed E-state index contributed by atoms with van der Waals surface area (Å²) in [6.07, 6.45) is 4.34. The standard InChI is InChI=1S/C13H12N4O2/c1-9(17-19)10-3-2-4-11(7-10)16-13(18)12-8-14-5-6-15-12/h2-8,19H,1H3,(H,16,18)/b17-9-. The molecule has 1 amide bonds. The average molecular weight is 256 g/mol. The van der Waals surface area contributed by atoms with E-state index in [1.54, 1.807) is 31.2 Å². The first kappa shape index (κ1) is 12.7. The van der Waals surface area contributed by atoms with Crippen molar-refractivity contribution in [2.24, 2.45) is 5.16 Å². The number of hydrogen-bond acceptors (Lipinski definition) is 5. The molecule has 0 fully saturated rings. The first-order valence-electron chi connectivity index (χ1n) is 5.57. The number of oxime groups is 1. The molecule has 0 unspecified atom stereocenters. The monoisotopic (exact) mass is 256 g/mol. The van der Waals surface area contributed by atoms with Gasteiger partial charge in [-0.2, -0.15) is 0 Å². The number of rotatable bonds is 3. The van der Waals surface area contributed by atoms with Crippen LogP contribution in [0.2, 0.25) is 0 Å². The molecule has 1 aromatic heterocycles. The van der Waals surface area contributed by atoms with Crippen molar-refractivity contribution in [2.45, 2.75) is 6.92 Å². The molecular weight excluding hydrogens is 244 g/mol. The quantitative estimate of drug-likeness (QED) is 0.499. The van der Waals surface area contributed by atoms with Crippen molar-refractivity contribution in [3.63, 3.8) is 0 Å². The molecule has 0 bridgehead atoms. The molecule has 6 nitrogen and oxygen atoms in total. The molecule has 1 aromatic carbocycles. The van der Waals surface area contributed by atoms with Gasteiger partial charge in [0, 0.05) is 23.6 Å². The van der Waals surface area contributed by atoms with Crippen LogP contribution in [-0.4, -0.2) is 26.8 Å². The lowest BCUT2D eigenvalue weighted by Gasteiger charge is -2.06. The van der Waals surface area contributed by atoms with Gasteiger partial charge in [0.25, 0.3) is 5.91 Å². The molecule has 0 atom stereocenters. The lowest BCUT2D eigenvalue weighted by atomic mass is 10.1. The number of nitrogens with zero attached hydrogens (tertiary/aromatic N) is 3. The zero-order valence-corrected chi connectivity index (χ0v) is 10.2. The molecule has 2 rings (SSSR count). The van der Waals surface area contributed by atoms with Gasteiger partial charge in [-0.05, 0) is 19.1 Å². The summed E-state index contributed by atoms with van der Waals surface area (Å²) in [5.41, 5.74) is 2.02. The first-order valence-corrected chi connectivity index (χ1v) is 5.57. The highest BCUT2D eigenvalue weighted by molar-refractivity contribution is 6.04. The second-order valence-corrected chi connectivity index (χ2v) is 3.81. The fourth-order valence-electron chi connectivity index (χ4n) is 1.49. The van der Waals surface area contributed by atoms with E-state index in [0.717, 1.165) is 5.56 Å². The van der Waals surface area contributed by atoms with Crippen molar-refractivity contribution in [3.8, 4) is 0 Å². The first-order chi connectivity index (χ1) is 9.20. The van der Waals surface area contributed by atoms with E-state index in [9.17, 15) is 4.79 Å². The van der Waals surface area contributed by atoms with Gasteiger partial charge in [-0.1, -0.05) is 17.3 Å². The number of carbonyl (C=O) groups is 1. The molecule has 0 radical (unpaired) electrons. The van der Waals surface area contributed by atoms with Gasteiger partial charge in [0.15, 0.2) is 0 Å². The summed E-state index contributed by atoms with van der Waals surface area (Å²) in [4.78, 5) is 19.6. The fourth-order valence-corrected chi connectivity index (χ4v) is 1.49. The number of carbonyl (C=O) groups excluding carboxylic acids is 1. The van der Waals surface area contributed by atoms with Crippen LogP contribution in [0.15, 0.2) is 48.0 Å². The van der Waals surface area contributed by atoms with Crippen LogP contribution in [0.5, 0.6) is 0 Å². The summed E-state index contributed by atoms with van der Waals surface area (Å²) >= 11 is 0. The van der Waals surface area contributed by atoms with Crippen molar-refractivity contribution in [3.05, 3.63) is 54.1 Å². The van der Waals surface area contributed by atoms with Crippen molar-refractivity contribution < 1.29 is 10.0 Å². The van der Waals surface area contributed by atoms with Crippen molar-refractivity contribution >= 4 is 17.3 Å². The molecule has 0 saturated heterocycles. The van der Waals surface area contributed by atoms with Crippen molar-refractivity contribution in [1.82, 2.24) is 9.97 Å². The maximum atomic E-state index is 11.9. The second kappa shape index (κ2) is 5.72. The summed E-state index contributed by atoms with van der Waals surface area (Å²) in [6, 6.07) is 7.00. The summed E-state index contributed by atoms with van der Waals surface area (Å²) in [5.74, 6) is -0.344. The van der Waals surface area contributed by atoms with E-state index in [2.05, 4.69) is 20.4 Å². The smallest absolute Gasteiger partial charge is 0.275 e. The molecule has 1 heterocycles. The minimum atomic E-state index is -0.344. The number of hydrogen-bond donors (Lipinski definition) is 2.